The van der Waals surface area contributed by atoms with E-state index in [0.29, 0.717) is 44.5 Å². The molecule has 0 radical (unpaired) electrons. The zero-order chi connectivity index (χ0) is 32.2. The average molecular weight is 608 g/mol. The molecule has 1 N–H and O–H groups in total. The molecule has 0 aliphatic carbocycles. The van der Waals surface area contributed by atoms with Crippen molar-refractivity contribution in [1.82, 2.24) is 9.80 Å². The van der Waals surface area contributed by atoms with E-state index < -0.39 is 23.5 Å². The molecule has 1 atom stereocenters. The Kier molecular flexibility index (Phi) is 14.0. The lowest BCUT2D eigenvalue weighted by molar-refractivity contribution is -0.118. The molecule has 2 rings (SSSR count). The van der Waals surface area contributed by atoms with Crippen LogP contribution in [0.4, 0.5) is 15.3 Å². The highest BCUT2D eigenvalue weighted by molar-refractivity contribution is 5.98. The van der Waals surface area contributed by atoms with Crippen molar-refractivity contribution in [3.8, 4) is 11.5 Å². The molecule has 43 heavy (non-hydrogen) atoms. The van der Waals surface area contributed by atoms with Crippen LogP contribution >= 0.6 is 0 Å². The van der Waals surface area contributed by atoms with Crippen molar-refractivity contribution in [3.05, 3.63) is 17.7 Å². The van der Waals surface area contributed by atoms with Gasteiger partial charge in [0.1, 0.15) is 16.9 Å². The zero-order valence-corrected chi connectivity index (χ0v) is 27.7. The maximum atomic E-state index is 13.3. The summed E-state index contributed by atoms with van der Waals surface area (Å²) in [6.07, 6.45) is 3.43. The van der Waals surface area contributed by atoms with Crippen molar-refractivity contribution >= 4 is 23.8 Å². The SMILES string of the molecule is CCCC[C@@H](C)N(CCCOC)CCN(CCc1ccc(OC(=O)OC(C)(C)C)c2c1OCC(=O)N2)C(=O)OC(C)(C)C. The number of methoxy groups -OCH3 is 1. The summed E-state index contributed by atoms with van der Waals surface area (Å²) < 4.78 is 27.5. The molecule has 0 spiro atoms. The van der Waals surface area contributed by atoms with Crippen LogP contribution < -0.4 is 14.8 Å². The van der Waals surface area contributed by atoms with Crippen LogP contribution in [0.3, 0.4) is 0 Å². The third-order valence-corrected chi connectivity index (χ3v) is 6.75. The Balaban J connectivity index is 2.25. The summed E-state index contributed by atoms with van der Waals surface area (Å²) >= 11 is 0. The summed E-state index contributed by atoms with van der Waals surface area (Å²) in [5.41, 5.74) is -0.365. The number of nitrogens with one attached hydrogen (secondary N) is 1. The molecular formula is C32H53N3O8. The molecule has 1 heterocycles. The summed E-state index contributed by atoms with van der Waals surface area (Å²) in [6.45, 7) is 18.1. The Bertz CT molecular complexity index is 1060. The van der Waals surface area contributed by atoms with Crippen LogP contribution in [0.15, 0.2) is 12.1 Å². The number of ether oxygens (including phenoxy) is 5. The van der Waals surface area contributed by atoms with E-state index in [2.05, 4.69) is 24.1 Å². The molecule has 11 nitrogen and oxygen atoms in total. The molecule has 2 amide bonds. The van der Waals surface area contributed by atoms with E-state index in [1.54, 1.807) is 44.9 Å². The number of rotatable bonds is 15. The van der Waals surface area contributed by atoms with Crippen LogP contribution in [0.25, 0.3) is 0 Å². The Morgan fingerprint density at radius 1 is 1.00 bits per heavy atom. The second kappa shape index (κ2) is 16.7. The van der Waals surface area contributed by atoms with Gasteiger partial charge in [-0.25, -0.2) is 9.59 Å². The second-order valence-corrected chi connectivity index (χ2v) is 12.9. The molecule has 0 saturated carbocycles. The highest BCUT2D eigenvalue weighted by Gasteiger charge is 2.28. The number of fused-ring (bicyclic) bond motifs is 1. The van der Waals surface area contributed by atoms with Gasteiger partial charge in [0.25, 0.3) is 5.91 Å². The first kappa shape index (κ1) is 36.1. The Morgan fingerprint density at radius 3 is 2.33 bits per heavy atom. The fraction of sp³-hybridized carbons (Fsp3) is 0.719. The van der Waals surface area contributed by atoms with Gasteiger partial charge >= 0.3 is 12.2 Å². The van der Waals surface area contributed by atoms with Gasteiger partial charge in [0, 0.05) is 45.9 Å². The standard InChI is InChI=1S/C32H53N3O8/c1-10-11-13-23(2)34(17-12-21-39-9)19-20-35(29(37)42-31(3,4)5)18-16-24-14-15-25(41-30(38)43-32(6,7)8)27-28(24)40-22-26(36)33-27/h14-15,23H,10-13,16-22H2,1-9H3,(H,33,36)/t23-/m1/s1. The fourth-order valence-electron chi connectivity index (χ4n) is 4.62. The lowest BCUT2D eigenvalue weighted by atomic mass is 10.1. The number of anilines is 1. The van der Waals surface area contributed by atoms with Gasteiger partial charge in [0.15, 0.2) is 18.1 Å². The van der Waals surface area contributed by atoms with E-state index in [-0.39, 0.29) is 24.0 Å². The highest BCUT2D eigenvalue weighted by Crippen LogP contribution is 2.40. The van der Waals surface area contributed by atoms with Crippen molar-refractivity contribution in [2.45, 2.75) is 105 Å². The first-order chi connectivity index (χ1) is 20.1. The molecule has 0 saturated heterocycles. The second-order valence-electron chi connectivity index (χ2n) is 12.9. The maximum Gasteiger partial charge on any atom is 0.514 e. The Morgan fingerprint density at radius 2 is 1.70 bits per heavy atom. The first-order valence-corrected chi connectivity index (χ1v) is 15.3. The number of nitrogens with zero attached hydrogens (tertiary/aromatic N) is 2. The number of amides is 2. The zero-order valence-electron chi connectivity index (χ0n) is 27.7. The topological polar surface area (TPSA) is 116 Å². The van der Waals surface area contributed by atoms with Gasteiger partial charge in [-0.3, -0.25) is 9.69 Å². The van der Waals surface area contributed by atoms with Crippen molar-refractivity contribution in [2.24, 2.45) is 0 Å². The first-order valence-electron chi connectivity index (χ1n) is 15.3. The van der Waals surface area contributed by atoms with Gasteiger partial charge in [-0.2, -0.15) is 0 Å². The Hall–Kier alpha value is -3.05. The number of hydrogen-bond acceptors (Lipinski definition) is 9. The number of carbonyl (C=O) groups is 3. The number of benzene rings is 1. The van der Waals surface area contributed by atoms with Crippen LogP contribution in [0.2, 0.25) is 0 Å². The van der Waals surface area contributed by atoms with Gasteiger partial charge in [-0.05, 0) is 79.4 Å². The van der Waals surface area contributed by atoms with Gasteiger partial charge in [-0.1, -0.05) is 25.8 Å². The number of hydrogen-bond donors (Lipinski definition) is 1. The number of unbranched alkanes of at least 4 members (excludes halogenated alkanes) is 1. The van der Waals surface area contributed by atoms with Crippen LogP contribution in [0.5, 0.6) is 11.5 Å². The molecule has 0 fully saturated rings. The van der Waals surface area contributed by atoms with Crippen molar-refractivity contribution in [2.75, 3.05) is 51.8 Å². The summed E-state index contributed by atoms with van der Waals surface area (Å²) in [5, 5.41) is 2.75. The third-order valence-electron chi connectivity index (χ3n) is 6.75. The van der Waals surface area contributed by atoms with E-state index in [1.807, 2.05) is 20.8 Å². The van der Waals surface area contributed by atoms with E-state index >= 15 is 0 Å². The minimum atomic E-state index is -0.887. The number of carbonyl (C=O) groups excluding carboxylic acids is 3. The van der Waals surface area contributed by atoms with Crippen LogP contribution in [0.1, 0.15) is 86.6 Å². The predicted octanol–water partition coefficient (Wildman–Crippen LogP) is 6.03. The van der Waals surface area contributed by atoms with Crippen molar-refractivity contribution in [3.63, 3.8) is 0 Å². The molecule has 0 bridgehead atoms. The van der Waals surface area contributed by atoms with Crippen LogP contribution in [-0.2, 0) is 25.4 Å². The monoisotopic (exact) mass is 607 g/mol. The highest BCUT2D eigenvalue weighted by atomic mass is 16.7. The molecule has 1 aromatic rings. The smallest absolute Gasteiger partial charge is 0.481 e. The molecule has 0 unspecified atom stereocenters. The summed E-state index contributed by atoms with van der Waals surface area (Å²) in [4.78, 5) is 42.0. The fourth-order valence-corrected chi connectivity index (χ4v) is 4.62. The third kappa shape index (κ3) is 13.0. The van der Waals surface area contributed by atoms with Crippen molar-refractivity contribution < 1.29 is 38.1 Å². The molecular weight excluding hydrogens is 554 g/mol. The van der Waals surface area contributed by atoms with E-state index in [9.17, 15) is 14.4 Å². The van der Waals surface area contributed by atoms with Crippen LogP contribution in [-0.4, -0.2) is 91.7 Å². The molecule has 11 heteroatoms. The van der Waals surface area contributed by atoms with Gasteiger partial charge in [0.2, 0.25) is 0 Å². The van der Waals surface area contributed by atoms with E-state index in [1.165, 1.54) is 0 Å². The molecule has 244 valence electrons. The summed E-state index contributed by atoms with van der Waals surface area (Å²) in [7, 11) is 1.71. The Labute approximate surface area is 257 Å². The lowest BCUT2D eigenvalue weighted by Gasteiger charge is -2.33. The van der Waals surface area contributed by atoms with Crippen molar-refractivity contribution in [1.29, 1.82) is 0 Å². The maximum absolute atomic E-state index is 13.3. The van der Waals surface area contributed by atoms with Gasteiger partial charge < -0.3 is 33.9 Å². The molecule has 0 aromatic heterocycles. The summed E-state index contributed by atoms with van der Waals surface area (Å²) in [5.74, 6) is 0.164. The largest absolute Gasteiger partial charge is 0.514 e. The summed E-state index contributed by atoms with van der Waals surface area (Å²) in [6, 6.07) is 3.74. The minimum Gasteiger partial charge on any atom is -0.481 e. The van der Waals surface area contributed by atoms with Crippen LogP contribution in [0, 0.1) is 0 Å². The lowest BCUT2D eigenvalue weighted by Crippen LogP contribution is -2.45. The van der Waals surface area contributed by atoms with E-state index in [0.717, 1.165) is 37.8 Å². The normalized spacial score (nSPS) is 14.0. The van der Waals surface area contributed by atoms with Gasteiger partial charge in [-0.15, -0.1) is 0 Å². The minimum absolute atomic E-state index is 0.123. The average Bonchev–Trinajstić information content (AvgIpc) is 2.89. The molecule has 1 aliphatic rings. The van der Waals surface area contributed by atoms with E-state index in [4.69, 9.17) is 23.7 Å². The van der Waals surface area contributed by atoms with Gasteiger partial charge in [0.05, 0.1) is 0 Å². The molecule has 1 aliphatic heterocycles. The molecule has 1 aromatic carbocycles. The predicted molar refractivity (Wildman–Crippen MR) is 166 cm³/mol. The quantitative estimate of drug-likeness (QED) is 0.145.